The van der Waals surface area contributed by atoms with Gasteiger partial charge in [0.1, 0.15) is 17.5 Å². The molecule has 208 valence electrons. The van der Waals surface area contributed by atoms with Crippen LogP contribution in [0.4, 0.5) is 14.6 Å². The lowest BCUT2D eigenvalue weighted by molar-refractivity contribution is 0.0710. The smallest absolute Gasteiger partial charge is 0.254 e. The number of nitriles is 1. The molecule has 1 aromatic heterocycles. The number of aromatic nitrogens is 1. The summed E-state index contributed by atoms with van der Waals surface area (Å²) in [5.74, 6) is -0.647. The summed E-state index contributed by atoms with van der Waals surface area (Å²) in [6.45, 7) is 3.77. The Bertz CT molecular complexity index is 1630. The SMILES string of the molecule is N#Cc1ccc(-c2ccc3nc(NCc4cc(F)ccc4F)cc(C(=O)N4CCC[C@H]4CN4CCCC4)c3c2)cc1. The highest BCUT2D eigenvalue weighted by Crippen LogP contribution is 2.31. The molecule has 2 saturated heterocycles. The third-order valence-corrected chi connectivity index (χ3v) is 8.16. The van der Waals surface area contributed by atoms with Crippen molar-refractivity contribution < 1.29 is 13.6 Å². The Hall–Kier alpha value is -4.35. The lowest BCUT2D eigenvalue weighted by Gasteiger charge is -2.29. The predicted octanol–water partition coefficient (Wildman–Crippen LogP) is 6.36. The highest BCUT2D eigenvalue weighted by Gasteiger charge is 2.32. The number of halogens is 2. The van der Waals surface area contributed by atoms with E-state index < -0.39 is 11.6 Å². The van der Waals surface area contributed by atoms with Crippen LogP contribution in [0.3, 0.4) is 0 Å². The number of amides is 1. The maximum Gasteiger partial charge on any atom is 0.254 e. The molecule has 3 aromatic carbocycles. The molecule has 2 aliphatic heterocycles. The zero-order valence-corrected chi connectivity index (χ0v) is 22.7. The average molecular weight is 552 g/mol. The molecule has 2 aliphatic rings. The number of nitrogens with zero attached hydrogens (tertiary/aromatic N) is 4. The Morgan fingerprint density at radius 1 is 0.951 bits per heavy atom. The minimum atomic E-state index is -0.515. The molecular weight excluding hydrogens is 520 g/mol. The van der Waals surface area contributed by atoms with Crippen LogP contribution in [-0.4, -0.2) is 52.9 Å². The summed E-state index contributed by atoms with van der Waals surface area (Å²) in [7, 11) is 0. The fourth-order valence-electron chi connectivity index (χ4n) is 5.99. The quantitative estimate of drug-likeness (QED) is 0.289. The molecule has 0 spiro atoms. The van der Waals surface area contributed by atoms with E-state index in [2.05, 4.69) is 16.3 Å². The molecule has 1 amide bonds. The van der Waals surface area contributed by atoms with E-state index in [4.69, 9.17) is 4.98 Å². The van der Waals surface area contributed by atoms with Crippen LogP contribution in [0.1, 0.15) is 47.2 Å². The molecule has 1 atom stereocenters. The van der Waals surface area contributed by atoms with Crippen molar-refractivity contribution in [2.24, 2.45) is 0 Å². The van der Waals surface area contributed by atoms with E-state index in [1.807, 2.05) is 35.2 Å². The first kappa shape index (κ1) is 26.9. The monoisotopic (exact) mass is 551 g/mol. The number of carbonyl (C=O) groups excluding carboxylic acids is 1. The molecule has 0 radical (unpaired) electrons. The zero-order chi connectivity index (χ0) is 28.3. The second-order valence-corrected chi connectivity index (χ2v) is 10.9. The fourth-order valence-corrected chi connectivity index (χ4v) is 5.99. The van der Waals surface area contributed by atoms with Gasteiger partial charge in [-0.25, -0.2) is 13.8 Å². The van der Waals surface area contributed by atoms with Crippen LogP contribution in [-0.2, 0) is 6.54 Å². The Morgan fingerprint density at radius 3 is 2.51 bits per heavy atom. The van der Waals surface area contributed by atoms with Crippen LogP contribution in [0.15, 0.2) is 66.7 Å². The molecule has 3 heterocycles. The van der Waals surface area contributed by atoms with Crippen LogP contribution in [0, 0.1) is 23.0 Å². The van der Waals surface area contributed by atoms with Gasteiger partial charge in [-0.15, -0.1) is 0 Å². The van der Waals surface area contributed by atoms with Gasteiger partial charge in [0.15, 0.2) is 0 Å². The Morgan fingerprint density at radius 2 is 1.73 bits per heavy atom. The summed E-state index contributed by atoms with van der Waals surface area (Å²) >= 11 is 0. The molecule has 0 unspecified atom stereocenters. The molecule has 0 bridgehead atoms. The van der Waals surface area contributed by atoms with E-state index in [-0.39, 0.29) is 24.1 Å². The zero-order valence-electron chi connectivity index (χ0n) is 22.7. The number of rotatable bonds is 7. The number of nitrogens with one attached hydrogen (secondary N) is 1. The van der Waals surface area contributed by atoms with Crippen LogP contribution in [0.2, 0.25) is 0 Å². The number of hydrogen-bond acceptors (Lipinski definition) is 5. The number of fused-ring (bicyclic) bond motifs is 1. The standard InChI is InChI=1S/C33H31F2N5O/c34-26-10-11-30(35)25(16-26)20-37-32-18-29(33(41)40-15-3-4-27(40)21-39-13-1-2-14-39)28-17-24(9-12-31(28)38-32)23-7-5-22(19-36)6-8-23/h5-12,16-18,27H,1-4,13-15,20-21H2,(H,37,38)/t27-/m0/s1. The summed E-state index contributed by atoms with van der Waals surface area (Å²) in [5, 5.41) is 13.0. The number of hydrogen-bond donors (Lipinski definition) is 1. The molecular formula is C33H31F2N5O. The van der Waals surface area contributed by atoms with Gasteiger partial charge in [-0.2, -0.15) is 5.26 Å². The van der Waals surface area contributed by atoms with Crippen LogP contribution in [0.25, 0.3) is 22.0 Å². The van der Waals surface area contributed by atoms with E-state index in [0.29, 0.717) is 29.0 Å². The minimum Gasteiger partial charge on any atom is -0.366 e. The van der Waals surface area contributed by atoms with Crippen LogP contribution >= 0.6 is 0 Å². The lowest BCUT2D eigenvalue weighted by atomic mass is 9.99. The summed E-state index contributed by atoms with van der Waals surface area (Å²) in [4.78, 5) is 23.4. The molecule has 4 aromatic rings. The Balaban J connectivity index is 1.37. The van der Waals surface area contributed by atoms with Crippen molar-refractivity contribution >= 4 is 22.6 Å². The first-order valence-electron chi connectivity index (χ1n) is 14.1. The van der Waals surface area contributed by atoms with E-state index in [0.717, 1.165) is 67.2 Å². The van der Waals surface area contributed by atoms with Gasteiger partial charge < -0.3 is 15.1 Å². The minimum absolute atomic E-state index is 0.0281. The second kappa shape index (κ2) is 11.6. The van der Waals surface area contributed by atoms with Crippen molar-refractivity contribution in [2.45, 2.75) is 38.3 Å². The number of pyridine rings is 1. The molecule has 0 aliphatic carbocycles. The van der Waals surface area contributed by atoms with Crippen molar-refractivity contribution in [1.29, 1.82) is 5.26 Å². The van der Waals surface area contributed by atoms with Crippen molar-refractivity contribution in [3.8, 4) is 17.2 Å². The van der Waals surface area contributed by atoms with Gasteiger partial charge in [0, 0.05) is 36.6 Å². The molecule has 0 saturated carbocycles. The normalized spacial score (nSPS) is 17.2. The van der Waals surface area contributed by atoms with E-state index >= 15 is 0 Å². The maximum absolute atomic E-state index is 14.3. The van der Waals surface area contributed by atoms with E-state index in [9.17, 15) is 18.8 Å². The maximum atomic E-state index is 14.3. The van der Waals surface area contributed by atoms with Gasteiger partial charge in [0.2, 0.25) is 0 Å². The number of carbonyl (C=O) groups is 1. The fraction of sp³-hybridized carbons (Fsp3) is 0.303. The van der Waals surface area contributed by atoms with Crippen molar-refractivity contribution in [1.82, 2.24) is 14.8 Å². The summed E-state index contributed by atoms with van der Waals surface area (Å²) in [5.41, 5.74) is 3.76. The third kappa shape index (κ3) is 5.77. The lowest BCUT2D eigenvalue weighted by Crippen LogP contribution is -2.42. The van der Waals surface area contributed by atoms with Gasteiger partial charge in [-0.3, -0.25) is 4.79 Å². The molecule has 41 heavy (non-hydrogen) atoms. The highest BCUT2D eigenvalue weighted by atomic mass is 19.1. The summed E-state index contributed by atoms with van der Waals surface area (Å²) in [6.07, 6.45) is 4.35. The van der Waals surface area contributed by atoms with Crippen LogP contribution < -0.4 is 5.32 Å². The number of likely N-dealkylation sites (tertiary alicyclic amines) is 2. The predicted molar refractivity (Wildman–Crippen MR) is 155 cm³/mol. The summed E-state index contributed by atoms with van der Waals surface area (Å²) in [6, 6.07) is 20.5. The molecule has 2 fully saturated rings. The van der Waals surface area contributed by atoms with Crippen LogP contribution in [0.5, 0.6) is 0 Å². The molecule has 8 heteroatoms. The molecule has 6 rings (SSSR count). The van der Waals surface area contributed by atoms with Gasteiger partial charge in [0.25, 0.3) is 5.91 Å². The van der Waals surface area contributed by atoms with Crippen molar-refractivity contribution in [3.05, 3.63) is 95.1 Å². The first-order chi connectivity index (χ1) is 20.0. The Labute approximate surface area is 238 Å². The Kier molecular flexibility index (Phi) is 7.62. The van der Waals surface area contributed by atoms with Crippen molar-refractivity contribution in [2.75, 3.05) is 31.5 Å². The van der Waals surface area contributed by atoms with Gasteiger partial charge in [-0.1, -0.05) is 18.2 Å². The second-order valence-electron chi connectivity index (χ2n) is 10.9. The molecule has 6 nitrogen and oxygen atoms in total. The topological polar surface area (TPSA) is 72.3 Å². The highest BCUT2D eigenvalue weighted by molar-refractivity contribution is 6.08. The number of benzene rings is 3. The molecule has 1 N–H and O–H groups in total. The van der Waals surface area contributed by atoms with Crippen molar-refractivity contribution in [3.63, 3.8) is 0 Å². The van der Waals surface area contributed by atoms with E-state index in [1.165, 1.54) is 12.8 Å². The van der Waals surface area contributed by atoms with Gasteiger partial charge in [-0.05, 0) is 98.4 Å². The largest absolute Gasteiger partial charge is 0.366 e. The average Bonchev–Trinajstić information content (AvgIpc) is 3.69. The van der Waals surface area contributed by atoms with E-state index in [1.54, 1.807) is 18.2 Å². The van der Waals surface area contributed by atoms with Gasteiger partial charge in [0.05, 0.1) is 22.7 Å². The first-order valence-corrected chi connectivity index (χ1v) is 14.1. The van der Waals surface area contributed by atoms with Gasteiger partial charge >= 0.3 is 0 Å². The summed E-state index contributed by atoms with van der Waals surface area (Å²) < 4.78 is 28.0. The third-order valence-electron chi connectivity index (χ3n) is 8.16. The number of anilines is 1.